The van der Waals surface area contributed by atoms with Crippen molar-refractivity contribution in [3.05, 3.63) is 71.8 Å². The average Bonchev–Trinajstić information content (AvgIpc) is 2.48. The number of benzene rings is 2. The highest BCUT2D eigenvalue weighted by atomic mass is 32.1. The second kappa shape index (κ2) is 7.17. The Morgan fingerprint density at radius 2 is 1.60 bits per heavy atom. The molecule has 2 atom stereocenters. The van der Waals surface area contributed by atoms with E-state index in [1.54, 1.807) is 6.92 Å². The van der Waals surface area contributed by atoms with E-state index < -0.39 is 0 Å². The number of aliphatic hydroxyl groups is 1. The van der Waals surface area contributed by atoms with Crippen LogP contribution in [0.1, 0.15) is 30.5 Å². The highest BCUT2D eigenvalue weighted by molar-refractivity contribution is 7.80. The van der Waals surface area contributed by atoms with Gasteiger partial charge in [0.05, 0.1) is 12.1 Å². The molecule has 0 fully saturated rings. The zero-order valence-corrected chi connectivity index (χ0v) is 12.3. The van der Waals surface area contributed by atoms with E-state index in [-0.39, 0.29) is 12.1 Å². The molecule has 3 heteroatoms. The van der Waals surface area contributed by atoms with Crippen LogP contribution < -0.4 is 5.32 Å². The van der Waals surface area contributed by atoms with Crippen molar-refractivity contribution in [1.82, 2.24) is 5.32 Å². The maximum absolute atomic E-state index is 9.68. The first-order valence-electron chi connectivity index (χ1n) is 6.75. The number of thiocarbonyl (C=S) groups is 1. The van der Waals surface area contributed by atoms with Crippen LogP contribution in [0.4, 0.5) is 0 Å². The normalized spacial score (nSPS) is 13.5. The number of hydrogen-bond acceptors (Lipinski definition) is 2. The molecular weight excluding hydrogens is 266 g/mol. The third kappa shape index (κ3) is 4.15. The fraction of sp³-hybridized carbons (Fsp3) is 0.235. The van der Waals surface area contributed by atoms with E-state index in [0.717, 1.165) is 11.1 Å². The summed E-state index contributed by atoms with van der Waals surface area (Å²) in [4.78, 5) is 0.708. The summed E-state index contributed by atoms with van der Waals surface area (Å²) in [6.07, 6.45) is 0.239. The molecular formula is C17H19NOS. The van der Waals surface area contributed by atoms with Gasteiger partial charge in [-0.25, -0.2) is 0 Å². The Balaban J connectivity index is 2.14. The fourth-order valence-electron chi connectivity index (χ4n) is 2.14. The first-order valence-corrected chi connectivity index (χ1v) is 7.16. The highest BCUT2D eigenvalue weighted by Crippen LogP contribution is 2.19. The van der Waals surface area contributed by atoms with Crippen LogP contribution in [0.2, 0.25) is 0 Å². The van der Waals surface area contributed by atoms with Crippen molar-refractivity contribution in [2.45, 2.75) is 25.5 Å². The van der Waals surface area contributed by atoms with Crippen LogP contribution >= 0.6 is 12.2 Å². The third-order valence-corrected chi connectivity index (χ3v) is 3.47. The van der Waals surface area contributed by atoms with E-state index in [4.69, 9.17) is 12.2 Å². The van der Waals surface area contributed by atoms with Crippen LogP contribution in [-0.2, 0) is 0 Å². The summed E-state index contributed by atoms with van der Waals surface area (Å²) in [5, 5.41) is 13.0. The summed E-state index contributed by atoms with van der Waals surface area (Å²) in [5.74, 6) is 0. The fourth-order valence-corrected chi connectivity index (χ4v) is 2.41. The van der Waals surface area contributed by atoms with E-state index in [1.807, 2.05) is 60.7 Å². The highest BCUT2D eigenvalue weighted by Gasteiger charge is 2.15. The van der Waals surface area contributed by atoms with E-state index in [0.29, 0.717) is 11.4 Å². The van der Waals surface area contributed by atoms with Crippen molar-refractivity contribution in [2.75, 3.05) is 0 Å². The molecule has 0 bridgehead atoms. The second-order valence-corrected chi connectivity index (χ2v) is 5.30. The van der Waals surface area contributed by atoms with Gasteiger partial charge in [0.2, 0.25) is 0 Å². The summed E-state index contributed by atoms with van der Waals surface area (Å²) < 4.78 is 0. The smallest absolute Gasteiger partial charge is 0.107 e. The Hall–Kier alpha value is -1.71. The van der Waals surface area contributed by atoms with Gasteiger partial charge in [-0.3, -0.25) is 0 Å². The zero-order valence-electron chi connectivity index (χ0n) is 11.5. The van der Waals surface area contributed by atoms with Crippen LogP contribution in [0.15, 0.2) is 60.7 Å². The zero-order chi connectivity index (χ0) is 14.4. The van der Waals surface area contributed by atoms with Gasteiger partial charge in [-0.15, -0.1) is 0 Å². The number of aliphatic hydroxyl groups excluding tert-OH is 1. The molecule has 2 N–H and O–H groups in total. The molecule has 0 aliphatic rings. The summed E-state index contributed by atoms with van der Waals surface area (Å²) >= 11 is 5.46. The summed E-state index contributed by atoms with van der Waals surface area (Å²) in [5.41, 5.74) is 2.13. The lowest BCUT2D eigenvalue weighted by Gasteiger charge is -2.22. The third-order valence-electron chi connectivity index (χ3n) is 3.12. The standard InChI is InChI=1S/C17H19NOS/c1-13(19)12-16(14-8-4-2-5-9-14)18-17(20)15-10-6-3-7-11-15/h2-11,13,16,19H,12H2,1H3,(H,18,20). The van der Waals surface area contributed by atoms with Gasteiger partial charge in [0.25, 0.3) is 0 Å². The summed E-state index contributed by atoms with van der Waals surface area (Å²) in [6, 6.07) is 20.0. The summed E-state index contributed by atoms with van der Waals surface area (Å²) in [7, 11) is 0. The van der Waals surface area contributed by atoms with Crippen molar-refractivity contribution in [3.8, 4) is 0 Å². The quantitative estimate of drug-likeness (QED) is 0.825. The van der Waals surface area contributed by atoms with Crippen molar-refractivity contribution in [1.29, 1.82) is 0 Å². The number of nitrogens with one attached hydrogen (secondary N) is 1. The monoisotopic (exact) mass is 285 g/mol. The molecule has 0 aromatic heterocycles. The van der Waals surface area contributed by atoms with Crippen molar-refractivity contribution in [3.63, 3.8) is 0 Å². The molecule has 2 aromatic carbocycles. The van der Waals surface area contributed by atoms with Crippen LogP contribution in [0.3, 0.4) is 0 Å². The van der Waals surface area contributed by atoms with Gasteiger partial charge in [0, 0.05) is 5.56 Å². The van der Waals surface area contributed by atoms with E-state index in [1.165, 1.54) is 0 Å². The van der Waals surface area contributed by atoms with Crippen molar-refractivity contribution >= 4 is 17.2 Å². The molecule has 0 spiro atoms. The van der Waals surface area contributed by atoms with Crippen LogP contribution in [0.25, 0.3) is 0 Å². The van der Waals surface area contributed by atoms with Crippen molar-refractivity contribution < 1.29 is 5.11 Å². The van der Waals surface area contributed by atoms with Gasteiger partial charge in [-0.05, 0) is 18.9 Å². The molecule has 0 amide bonds. The topological polar surface area (TPSA) is 32.3 Å². The van der Waals surface area contributed by atoms with Crippen LogP contribution in [0.5, 0.6) is 0 Å². The minimum Gasteiger partial charge on any atom is -0.393 e. The van der Waals surface area contributed by atoms with Crippen LogP contribution in [-0.4, -0.2) is 16.2 Å². The van der Waals surface area contributed by atoms with E-state index >= 15 is 0 Å². The van der Waals surface area contributed by atoms with Crippen LogP contribution in [0, 0.1) is 0 Å². The largest absolute Gasteiger partial charge is 0.393 e. The lowest BCUT2D eigenvalue weighted by atomic mass is 10.0. The first kappa shape index (κ1) is 14.7. The predicted molar refractivity (Wildman–Crippen MR) is 86.8 cm³/mol. The molecule has 2 aromatic rings. The average molecular weight is 285 g/mol. The molecule has 2 rings (SSSR count). The lowest BCUT2D eigenvalue weighted by molar-refractivity contribution is 0.172. The van der Waals surface area contributed by atoms with Crippen molar-refractivity contribution in [2.24, 2.45) is 0 Å². The summed E-state index contributed by atoms with van der Waals surface area (Å²) in [6.45, 7) is 1.79. The SMILES string of the molecule is CC(O)CC(NC(=S)c1ccccc1)c1ccccc1. The maximum atomic E-state index is 9.68. The number of hydrogen-bond donors (Lipinski definition) is 2. The minimum atomic E-state index is -0.383. The molecule has 0 radical (unpaired) electrons. The van der Waals surface area contributed by atoms with Gasteiger partial charge in [-0.2, -0.15) is 0 Å². The lowest BCUT2D eigenvalue weighted by Crippen LogP contribution is -2.29. The van der Waals surface area contributed by atoms with Gasteiger partial charge in [0.15, 0.2) is 0 Å². The van der Waals surface area contributed by atoms with Gasteiger partial charge >= 0.3 is 0 Å². The predicted octanol–water partition coefficient (Wildman–Crippen LogP) is 3.46. The van der Waals surface area contributed by atoms with Gasteiger partial charge in [-0.1, -0.05) is 72.9 Å². The minimum absolute atomic E-state index is 0.0175. The molecule has 0 saturated carbocycles. The van der Waals surface area contributed by atoms with Gasteiger partial charge < -0.3 is 10.4 Å². The molecule has 0 heterocycles. The van der Waals surface area contributed by atoms with Gasteiger partial charge in [0.1, 0.15) is 4.99 Å². The Kier molecular flexibility index (Phi) is 5.27. The molecule has 0 saturated heterocycles. The Morgan fingerprint density at radius 1 is 1.05 bits per heavy atom. The Bertz CT molecular complexity index is 539. The molecule has 0 aliphatic carbocycles. The molecule has 20 heavy (non-hydrogen) atoms. The van der Waals surface area contributed by atoms with E-state index in [2.05, 4.69) is 5.32 Å². The second-order valence-electron chi connectivity index (χ2n) is 4.89. The Morgan fingerprint density at radius 3 is 2.15 bits per heavy atom. The molecule has 2 nitrogen and oxygen atoms in total. The molecule has 2 unspecified atom stereocenters. The number of rotatable bonds is 5. The maximum Gasteiger partial charge on any atom is 0.107 e. The molecule has 0 aliphatic heterocycles. The Labute approximate surface area is 125 Å². The molecule has 104 valence electrons. The first-order chi connectivity index (χ1) is 9.66. The van der Waals surface area contributed by atoms with E-state index in [9.17, 15) is 5.11 Å².